The van der Waals surface area contributed by atoms with E-state index in [1.165, 1.54) is 10.3 Å². The second-order valence-electron chi connectivity index (χ2n) is 14.8. The summed E-state index contributed by atoms with van der Waals surface area (Å²) in [7, 11) is 1.88. The van der Waals surface area contributed by atoms with E-state index in [9.17, 15) is 4.79 Å². The lowest BCUT2D eigenvalue weighted by Gasteiger charge is -2.29. The number of fused-ring (bicyclic) bond motifs is 3. The van der Waals surface area contributed by atoms with Crippen molar-refractivity contribution in [3.63, 3.8) is 0 Å². The number of rotatable bonds is 10. The maximum atomic E-state index is 13.8. The van der Waals surface area contributed by atoms with E-state index in [0.29, 0.717) is 18.9 Å². The van der Waals surface area contributed by atoms with Crippen LogP contribution in [0.5, 0.6) is 11.5 Å². The van der Waals surface area contributed by atoms with Crippen molar-refractivity contribution in [1.29, 1.82) is 0 Å². The molecule has 1 aliphatic rings. The van der Waals surface area contributed by atoms with E-state index in [1.54, 1.807) is 16.0 Å². The monoisotopic (exact) mass is 717 g/mol. The number of benzene rings is 3. The number of thiophene rings is 1. The average Bonchev–Trinajstić information content (AvgIpc) is 3.73. The molecule has 3 atom stereocenters. The Bertz CT molecular complexity index is 2210. The van der Waals surface area contributed by atoms with Crippen LogP contribution in [0.2, 0.25) is 0 Å². The molecule has 0 bridgehead atoms. The van der Waals surface area contributed by atoms with Crippen molar-refractivity contribution in [2.75, 3.05) is 6.54 Å². The Balaban J connectivity index is 1.34. The summed E-state index contributed by atoms with van der Waals surface area (Å²) in [4.78, 5) is 21.0. The van der Waals surface area contributed by atoms with Gasteiger partial charge in [-0.25, -0.2) is 4.68 Å². The van der Waals surface area contributed by atoms with Gasteiger partial charge in [-0.05, 0) is 110 Å². The normalized spacial score (nSPS) is 17.1. The molecule has 7 rings (SSSR count). The molecule has 0 fully saturated rings. The summed E-state index contributed by atoms with van der Waals surface area (Å²) in [5, 5.41) is 12.3. The Labute approximate surface area is 309 Å². The lowest BCUT2D eigenvalue weighted by molar-refractivity contribution is -0.155. The molecule has 270 valence electrons. The molecule has 9 nitrogen and oxygen atoms in total. The van der Waals surface area contributed by atoms with Gasteiger partial charge in [-0.3, -0.25) is 14.7 Å². The van der Waals surface area contributed by atoms with E-state index >= 15 is 0 Å². The minimum Gasteiger partial charge on any atom is -0.487 e. The van der Waals surface area contributed by atoms with Crippen molar-refractivity contribution in [2.45, 2.75) is 91.2 Å². The summed E-state index contributed by atoms with van der Waals surface area (Å²) >= 11 is 1.75. The molecule has 4 heterocycles. The zero-order valence-corrected chi connectivity index (χ0v) is 31.9. The van der Waals surface area contributed by atoms with Crippen LogP contribution in [0.1, 0.15) is 92.9 Å². The molecule has 0 radical (unpaired) electrons. The first-order valence-electron chi connectivity index (χ1n) is 18.1. The van der Waals surface area contributed by atoms with Crippen LogP contribution >= 0.6 is 11.3 Å². The Morgan fingerprint density at radius 3 is 2.67 bits per heavy atom. The smallest absolute Gasteiger partial charge is 0.307 e. The maximum Gasteiger partial charge on any atom is 0.307 e. The van der Waals surface area contributed by atoms with Gasteiger partial charge >= 0.3 is 5.97 Å². The summed E-state index contributed by atoms with van der Waals surface area (Å²) in [5.74, 6) is 0.936. The SMILES string of the molecule is CC[C@@H]1CN(Cc2cc([C@@H](CC(=O)OC(C)(C)C)c3cc(OCc4ccccc4)c4c(nnn4C)c3C)cc3ccsc23)[C@@H](C)c2ncccc2O1. The predicted molar refractivity (Wildman–Crippen MR) is 206 cm³/mol. The number of carbonyl (C=O) groups is 1. The standard InChI is InChI=1S/C42H47N5O4S/c1-8-32-24-47(27(3)39-35(50-32)15-12-17-43-39)23-31-20-30(19-29-16-18-52-41(29)31)34(22-37(48)51-42(4,5)6)33-21-36(49-25-28-13-10-9-11-14-28)40-38(26(33)2)44-45-46(40)7/h9-21,27,32,34H,8,22-25H2,1-7H3/t27-,32+,34+/m0/s1. The van der Waals surface area contributed by atoms with Crippen LogP contribution in [0.3, 0.4) is 0 Å². The molecule has 0 saturated carbocycles. The fourth-order valence-corrected chi connectivity index (χ4v) is 8.15. The third kappa shape index (κ3) is 7.41. The molecular weight excluding hydrogens is 671 g/mol. The maximum absolute atomic E-state index is 13.8. The summed E-state index contributed by atoms with van der Waals surface area (Å²) in [5.41, 5.74) is 7.13. The van der Waals surface area contributed by atoms with Crippen LogP contribution in [-0.4, -0.2) is 49.1 Å². The average molecular weight is 718 g/mol. The van der Waals surface area contributed by atoms with Crippen LogP contribution in [-0.2, 0) is 29.7 Å². The first kappa shape index (κ1) is 35.6. The van der Waals surface area contributed by atoms with Crippen molar-refractivity contribution in [3.05, 3.63) is 112 Å². The summed E-state index contributed by atoms with van der Waals surface area (Å²) in [6.45, 7) is 14.0. The van der Waals surface area contributed by atoms with Gasteiger partial charge in [0.1, 0.15) is 40.8 Å². The largest absolute Gasteiger partial charge is 0.487 e. The topological polar surface area (TPSA) is 91.6 Å². The van der Waals surface area contributed by atoms with E-state index in [0.717, 1.165) is 63.1 Å². The number of hydrogen-bond acceptors (Lipinski definition) is 9. The van der Waals surface area contributed by atoms with Gasteiger partial charge in [-0.2, -0.15) is 0 Å². The molecule has 0 amide bonds. The van der Waals surface area contributed by atoms with Gasteiger partial charge < -0.3 is 14.2 Å². The zero-order valence-electron chi connectivity index (χ0n) is 31.1. The van der Waals surface area contributed by atoms with E-state index in [4.69, 9.17) is 19.2 Å². The van der Waals surface area contributed by atoms with Gasteiger partial charge in [0.2, 0.25) is 0 Å². The van der Waals surface area contributed by atoms with E-state index in [2.05, 4.69) is 65.6 Å². The molecule has 52 heavy (non-hydrogen) atoms. The van der Waals surface area contributed by atoms with Crippen molar-refractivity contribution in [2.24, 2.45) is 7.05 Å². The Hall–Kier alpha value is -4.80. The lowest BCUT2D eigenvalue weighted by atomic mass is 9.84. The highest BCUT2D eigenvalue weighted by Gasteiger charge is 2.31. The minimum absolute atomic E-state index is 0.0468. The minimum atomic E-state index is -0.622. The van der Waals surface area contributed by atoms with Crippen LogP contribution in [0.4, 0.5) is 0 Å². The third-order valence-electron chi connectivity index (χ3n) is 9.89. The van der Waals surface area contributed by atoms with Gasteiger partial charge in [0.15, 0.2) is 0 Å². The second-order valence-corrected chi connectivity index (χ2v) is 15.7. The highest BCUT2D eigenvalue weighted by Crippen LogP contribution is 2.42. The number of esters is 1. The van der Waals surface area contributed by atoms with Gasteiger partial charge in [-0.1, -0.05) is 48.5 Å². The third-order valence-corrected chi connectivity index (χ3v) is 10.9. The second kappa shape index (κ2) is 14.7. The van der Waals surface area contributed by atoms with Gasteiger partial charge in [0.05, 0.1) is 18.2 Å². The molecule has 0 saturated heterocycles. The molecule has 10 heteroatoms. The number of pyridine rings is 1. The first-order chi connectivity index (χ1) is 25.0. The Kier molecular flexibility index (Phi) is 10.0. The fourth-order valence-electron chi connectivity index (χ4n) is 7.26. The van der Waals surface area contributed by atoms with Crippen molar-refractivity contribution < 1.29 is 19.0 Å². The van der Waals surface area contributed by atoms with Crippen molar-refractivity contribution in [1.82, 2.24) is 24.9 Å². The molecular formula is C42H47N5O4S. The van der Waals surface area contributed by atoms with Crippen molar-refractivity contribution in [3.8, 4) is 11.5 Å². The summed E-state index contributed by atoms with van der Waals surface area (Å²) in [6.07, 6.45) is 2.94. The van der Waals surface area contributed by atoms with E-state index in [1.807, 2.05) is 76.5 Å². The molecule has 0 unspecified atom stereocenters. The number of aromatic nitrogens is 4. The molecule has 3 aromatic carbocycles. The molecule has 0 spiro atoms. The number of aryl methyl sites for hydroxylation is 2. The molecule has 0 N–H and O–H groups in total. The van der Waals surface area contributed by atoms with Gasteiger partial charge in [-0.15, -0.1) is 16.4 Å². The Morgan fingerprint density at radius 1 is 1.10 bits per heavy atom. The van der Waals surface area contributed by atoms with Gasteiger partial charge in [0, 0.05) is 37.0 Å². The fraction of sp³-hybridized carbons (Fsp3) is 0.381. The number of carbonyl (C=O) groups excluding carboxylic acids is 1. The lowest BCUT2D eigenvalue weighted by Crippen LogP contribution is -2.34. The Morgan fingerprint density at radius 2 is 1.90 bits per heavy atom. The quantitative estimate of drug-likeness (QED) is 0.130. The van der Waals surface area contributed by atoms with E-state index < -0.39 is 5.60 Å². The first-order valence-corrected chi connectivity index (χ1v) is 18.9. The predicted octanol–water partition coefficient (Wildman–Crippen LogP) is 9.06. The van der Waals surface area contributed by atoms with E-state index in [-0.39, 0.29) is 30.5 Å². The zero-order chi connectivity index (χ0) is 36.6. The van der Waals surface area contributed by atoms with Gasteiger partial charge in [0.25, 0.3) is 0 Å². The molecule has 0 aliphatic carbocycles. The highest BCUT2D eigenvalue weighted by molar-refractivity contribution is 7.17. The van der Waals surface area contributed by atoms with Crippen LogP contribution in [0, 0.1) is 6.92 Å². The highest BCUT2D eigenvalue weighted by atomic mass is 32.1. The van der Waals surface area contributed by atoms with Crippen molar-refractivity contribution >= 4 is 38.4 Å². The van der Waals surface area contributed by atoms with Crippen LogP contribution < -0.4 is 9.47 Å². The summed E-state index contributed by atoms with van der Waals surface area (Å²) in [6, 6.07) is 22.9. The van der Waals surface area contributed by atoms with Crippen LogP contribution in [0.15, 0.2) is 78.3 Å². The molecule has 1 aliphatic heterocycles. The molecule has 3 aromatic heterocycles. The summed E-state index contributed by atoms with van der Waals surface area (Å²) < 4.78 is 21.9. The number of ether oxygens (including phenoxy) is 3. The number of nitrogens with zero attached hydrogens (tertiary/aromatic N) is 5. The van der Waals surface area contributed by atoms with Crippen LogP contribution in [0.25, 0.3) is 21.1 Å². The number of hydrogen-bond donors (Lipinski definition) is 0. The molecule has 6 aromatic rings.